The fourth-order valence-corrected chi connectivity index (χ4v) is 4.27. The summed E-state index contributed by atoms with van der Waals surface area (Å²) in [5.41, 5.74) is 0. The van der Waals surface area contributed by atoms with E-state index in [1.54, 1.807) is 5.32 Å². The molecule has 2 rings (SSSR count). The molecule has 2 aliphatic rings. The van der Waals surface area contributed by atoms with Gasteiger partial charge in [-0.25, -0.2) is 0 Å². The molecular formula is C22H37NO18S. The van der Waals surface area contributed by atoms with Crippen LogP contribution in [0.1, 0.15) is 6.92 Å². The molecule has 0 spiro atoms. The van der Waals surface area contributed by atoms with E-state index in [2.05, 4.69) is 0 Å². The van der Waals surface area contributed by atoms with Crippen LogP contribution in [0.25, 0.3) is 0 Å². The molecular weight excluding hydrogens is 598 g/mol. The molecule has 0 radical (unpaired) electrons. The fourth-order valence-electron chi connectivity index (χ4n) is 3.86. The molecule has 42 heavy (non-hydrogen) atoms. The van der Waals surface area contributed by atoms with Crippen LogP contribution < -0.4 is 5.32 Å². The van der Waals surface area contributed by atoms with E-state index in [0.717, 1.165) is 0 Å². The van der Waals surface area contributed by atoms with Gasteiger partial charge in [-0.2, -0.15) is 0 Å². The first-order chi connectivity index (χ1) is 19.6. The molecule has 244 valence electrons. The number of imide groups is 1. The van der Waals surface area contributed by atoms with E-state index in [0.29, 0.717) is 11.8 Å². The van der Waals surface area contributed by atoms with E-state index in [4.69, 9.17) is 18.9 Å². The van der Waals surface area contributed by atoms with Crippen molar-refractivity contribution in [3.8, 4) is 0 Å². The van der Waals surface area contributed by atoms with Crippen LogP contribution in [-0.2, 0) is 33.3 Å². The van der Waals surface area contributed by atoms with E-state index in [1.165, 1.54) is 6.92 Å². The molecule has 0 aromatic carbocycles. The van der Waals surface area contributed by atoms with E-state index in [-0.39, 0.29) is 0 Å². The number of aliphatic hydroxyl groups excluding tert-OH is 11. The minimum Gasteiger partial charge on any atom is -0.394 e. The third-order valence-electron chi connectivity index (χ3n) is 6.38. The standard InChI is InChI=1S/C22H37NO18S/c1-6(25)42-5-10(27)23-20(37)17(34)14(31)11(28)7(26)3-38-21-19(36)16(33)13(30)9(41-21)4-39-22-18(35)15(32)12(29)8(2-24)40-22/h7-9,11-19,21-22,24,26,28-36H,2-5H2,1H3,(H,23,27,37)/t7-,8-,9-,11-,12-,13-,14+,15+,16+,17-,18-,19-,21+,22+/m1/s1. The zero-order chi connectivity index (χ0) is 31.9. The van der Waals surface area contributed by atoms with Crippen molar-refractivity contribution in [3.05, 3.63) is 0 Å². The molecule has 0 aliphatic carbocycles. The van der Waals surface area contributed by atoms with Gasteiger partial charge >= 0.3 is 0 Å². The lowest BCUT2D eigenvalue weighted by Gasteiger charge is -2.42. The molecule has 0 aromatic rings. The largest absolute Gasteiger partial charge is 0.394 e. The highest BCUT2D eigenvalue weighted by Crippen LogP contribution is 2.26. The van der Waals surface area contributed by atoms with Gasteiger partial charge in [-0.05, 0) is 0 Å². The van der Waals surface area contributed by atoms with Crippen LogP contribution in [0, 0.1) is 0 Å². The number of hydrogen-bond acceptors (Lipinski definition) is 19. The summed E-state index contributed by atoms with van der Waals surface area (Å²) in [6.07, 6.45) is -26.1. The first-order valence-electron chi connectivity index (χ1n) is 12.5. The number of nitrogens with one attached hydrogen (secondary N) is 1. The van der Waals surface area contributed by atoms with Gasteiger partial charge in [0.2, 0.25) is 5.91 Å². The van der Waals surface area contributed by atoms with Crippen molar-refractivity contribution in [2.24, 2.45) is 0 Å². The molecule has 19 nitrogen and oxygen atoms in total. The summed E-state index contributed by atoms with van der Waals surface area (Å²) in [5.74, 6) is -2.87. The first kappa shape index (κ1) is 36.8. The molecule has 0 bridgehead atoms. The van der Waals surface area contributed by atoms with Gasteiger partial charge in [-0.1, -0.05) is 11.8 Å². The highest BCUT2D eigenvalue weighted by Gasteiger charge is 2.48. The lowest BCUT2D eigenvalue weighted by atomic mass is 9.98. The van der Waals surface area contributed by atoms with Crippen LogP contribution in [0.2, 0.25) is 0 Å². The SMILES string of the molecule is CC(=O)SCC(=O)NC(=O)[C@H](O)[C@@H](O)[C@H](O)[C@H](O)CO[C@H]1O[C@H](CO[C@H]2O[C@H](CO)[C@@H](O)[C@H](O)[C@H]2O)[C@@H](O)[C@H](O)[C@H]1O. The molecule has 12 N–H and O–H groups in total. The Labute approximate surface area is 242 Å². The zero-order valence-corrected chi connectivity index (χ0v) is 22.9. The van der Waals surface area contributed by atoms with Crippen molar-refractivity contribution in [1.29, 1.82) is 0 Å². The Morgan fingerprint density at radius 2 is 1.31 bits per heavy atom. The minimum atomic E-state index is -2.40. The Morgan fingerprint density at radius 3 is 1.86 bits per heavy atom. The van der Waals surface area contributed by atoms with Gasteiger partial charge < -0.3 is 75.1 Å². The van der Waals surface area contributed by atoms with Gasteiger partial charge in [-0.15, -0.1) is 0 Å². The molecule has 2 amide bonds. The van der Waals surface area contributed by atoms with E-state index >= 15 is 0 Å². The summed E-state index contributed by atoms with van der Waals surface area (Å²) in [4.78, 5) is 34.4. The number of carbonyl (C=O) groups excluding carboxylic acids is 3. The maximum atomic E-state index is 11.9. The molecule has 2 fully saturated rings. The quantitative estimate of drug-likeness (QED) is 0.0893. The average Bonchev–Trinajstić information content (AvgIpc) is 2.96. The number of hydrogen-bond donors (Lipinski definition) is 12. The monoisotopic (exact) mass is 635 g/mol. The van der Waals surface area contributed by atoms with Crippen molar-refractivity contribution in [1.82, 2.24) is 5.32 Å². The molecule has 0 aromatic heterocycles. The molecule has 2 saturated heterocycles. The highest BCUT2D eigenvalue weighted by molar-refractivity contribution is 8.14. The van der Waals surface area contributed by atoms with Crippen molar-refractivity contribution in [2.75, 3.05) is 25.6 Å². The van der Waals surface area contributed by atoms with E-state index in [9.17, 15) is 70.6 Å². The second-order valence-electron chi connectivity index (χ2n) is 9.56. The third-order valence-corrected chi connectivity index (χ3v) is 7.19. The van der Waals surface area contributed by atoms with Crippen molar-refractivity contribution < 1.29 is 89.5 Å². The van der Waals surface area contributed by atoms with Crippen molar-refractivity contribution >= 4 is 28.7 Å². The molecule has 2 aliphatic heterocycles. The molecule has 14 atom stereocenters. The van der Waals surface area contributed by atoms with Gasteiger partial charge in [0.15, 0.2) is 23.8 Å². The number of carbonyl (C=O) groups is 3. The smallest absolute Gasteiger partial charge is 0.258 e. The number of amides is 2. The van der Waals surface area contributed by atoms with Crippen molar-refractivity contribution in [2.45, 2.75) is 92.8 Å². The average molecular weight is 636 g/mol. The summed E-state index contributed by atoms with van der Waals surface area (Å²) in [6, 6.07) is 0. The second kappa shape index (κ2) is 16.6. The summed E-state index contributed by atoms with van der Waals surface area (Å²) in [6.45, 7) is -1.16. The van der Waals surface area contributed by atoms with E-state index < -0.39 is 128 Å². The molecule has 2 heterocycles. The van der Waals surface area contributed by atoms with Crippen LogP contribution in [0.5, 0.6) is 0 Å². The molecule has 0 saturated carbocycles. The van der Waals surface area contributed by atoms with Crippen molar-refractivity contribution in [3.63, 3.8) is 0 Å². The van der Waals surface area contributed by atoms with Crippen LogP contribution in [0.4, 0.5) is 0 Å². The summed E-state index contributed by atoms with van der Waals surface area (Å²) in [5, 5.41) is 111. The Balaban J connectivity index is 1.92. The summed E-state index contributed by atoms with van der Waals surface area (Å²) in [7, 11) is 0. The number of ether oxygens (including phenoxy) is 4. The Kier molecular flexibility index (Phi) is 14.5. The molecule has 20 heteroatoms. The van der Waals surface area contributed by atoms with Gasteiger partial charge in [0, 0.05) is 6.92 Å². The summed E-state index contributed by atoms with van der Waals surface area (Å²) >= 11 is 0.572. The van der Waals surface area contributed by atoms with Crippen LogP contribution >= 0.6 is 11.8 Å². The Bertz CT molecular complexity index is 897. The van der Waals surface area contributed by atoms with Crippen LogP contribution in [0.15, 0.2) is 0 Å². The van der Waals surface area contributed by atoms with Crippen LogP contribution in [-0.4, -0.2) is 185 Å². The van der Waals surface area contributed by atoms with E-state index in [1.807, 2.05) is 0 Å². The molecule has 0 unspecified atom stereocenters. The zero-order valence-electron chi connectivity index (χ0n) is 22.1. The highest BCUT2D eigenvalue weighted by atomic mass is 32.2. The maximum Gasteiger partial charge on any atom is 0.258 e. The number of thioether (sulfide) groups is 1. The van der Waals surface area contributed by atoms with Gasteiger partial charge in [0.25, 0.3) is 5.91 Å². The Morgan fingerprint density at radius 1 is 0.786 bits per heavy atom. The minimum absolute atomic E-state index is 0.418. The van der Waals surface area contributed by atoms with Gasteiger partial charge in [0.1, 0.15) is 67.1 Å². The normalized spacial score (nSPS) is 36.5. The van der Waals surface area contributed by atoms with Gasteiger partial charge in [0.05, 0.1) is 25.6 Å². The third kappa shape index (κ3) is 9.53. The maximum absolute atomic E-state index is 11.9. The summed E-state index contributed by atoms with van der Waals surface area (Å²) < 4.78 is 20.9. The number of aliphatic hydroxyl groups is 11. The van der Waals surface area contributed by atoms with Crippen LogP contribution in [0.3, 0.4) is 0 Å². The number of rotatable bonds is 13. The lowest BCUT2D eigenvalue weighted by Crippen LogP contribution is -2.62. The van der Waals surface area contributed by atoms with Gasteiger partial charge in [-0.3, -0.25) is 19.7 Å². The first-order valence-corrected chi connectivity index (χ1v) is 13.5. The second-order valence-corrected chi connectivity index (χ2v) is 10.7. The fraction of sp³-hybridized carbons (Fsp3) is 0.864. The lowest BCUT2D eigenvalue weighted by molar-refractivity contribution is -0.333. The predicted molar refractivity (Wildman–Crippen MR) is 133 cm³/mol. The predicted octanol–water partition coefficient (Wildman–Crippen LogP) is -8.01. The topological polar surface area (TPSA) is 323 Å². The Hall–Kier alpha value is -1.44.